The number of hydrogen-bond acceptors (Lipinski definition) is 5. The van der Waals surface area contributed by atoms with Crippen LogP contribution in [0.2, 0.25) is 0 Å². The number of fused-ring (bicyclic) bond motifs is 1. The van der Waals surface area contributed by atoms with Crippen molar-refractivity contribution in [3.8, 4) is 11.5 Å². The molecular formula is C21H19N3O3. The number of carbonyl (C=O) groups excluding carboxylic acids is 1. The largest absolute Gasteiger partial charge is 0.454 e. The van der Waals surface area contributed by atoms with Crippen LogP contribution >= 0.6 is 0 Å². The third kappa shape index (κ3) is 3.69. The van der Waals surface area contributed by atoms with Crippen molar-refractivity contribution < 1.29 is 14.3 Å². The summed E-state index contributed by atoms with van der Waals surface area (Å²) in [4.78, 5) is 18.7. The molecule has 1 aliphatic rings. The fourth-order valence-corrected chi connectivity index (χ4v) is 2.88. The Morgan fingerprint density at radius 2 is 1.85 bits per heavy atom. The lowest BCUT2D eigenvalue weighted by atomic mass is 10.2. The van der Waals surface area contributed by atoms with Gasteiger partial charge in [-0.3, -0.25) is 9.78 Å². The van der Waals surface area contributed by atoms with Gasteiger partial charge in [-0.25, -0.2) is 0 Å². The molecule has 2 heterocycles. The molecule has 0 aliphatic carbocycles. The summed E-state index contributed by atoms with van der Waals surface area (Å²) in [5, 5.41) is 2.90. The van der Waals surface area contributed by atoms with Crippen molar-refractivity contribution in [3.05, 3.63) is 78.1 Å². The number of pyridine rings is 1. The van der Waals surface area contributed by atoms with Gasteiger partial charge in [-0.15, -0.1) is 0 Å². The van der Waals surface area contributed by atoms with E-state index in [-0.39, 0.29) is 12.7 Å². The number of benzene rings is 2. The van der Waals surface area contributed by atoms with E-state index in [2.05, 4.69) is 10.3 Å². The van der Waals surface area contributed by atoms with Crippen LogP contribution in [0.4, 0.5) is 11.4 Å². The van der Waals surface area contributed by atoms with E-state index in [4.69, 9.17) is 9.47 Å². The van der Waals surface area contributed by atoms with Gasteiger partial charge in [-0.2, -0.15) is 0 Å². The van der Waals surface area contributed by atoms with Crippen molar-refractivity contribution in [2.45, 2.75) is 6.54 Å². The first-order valence-electron chi connectivity index (χ1n) is 8.62. The lowest BCUT2D eigenvalue weighted by Gasteiger charge is -2.19. The second-order valence-corrected chi connectivity index (χ2v) is 6.16. The van der Waals surface area contributed by atoms with Gasteiger partial charge in [-0.05, 0) is 42.0 Å². The van der Waals surface area contributed by atoms with Crippen molar-refractivity contribution in [3.63, 3.8) is 0 Å². The maximum absolute atomic E-state index is 12.5. The molecule has 0 saturated heterocycles. The van der Waals surface area contributed by atoms with Gasteiger partial charge in [0.25, 0.3) is 5.91 Å². The Morgan fingerprint density at radius 1 is 1.04 bits per heavy atom. The number of ether oxygens (including phenoxy) is 2. The van der Waals surface area contributed by atoms with Gasteiger partial charge in [0.2, 0.25) is 6.79 Å². The molecule has 27 heavy (non-hydrogen) atoms. The Kier molecular flexibility index (Phi) is 4.61. The summed E-state index contributed by atoms with van der Waals surface area (Å²) in [6.45, 7) is 0.618. The molecule has 0 fully saturated rings. The first-order chi connectivity index (χ1) is 13.2. The number of hydrogen-bond donors (Lipinski definition) is 1. The van der Waals surface area contributed by atoms with Crippen LogP contribution in [0.5, 0.6) is 11.5 Å². The SMILES string of the molecule is CN(c1ccccc1)c1ccnc(C(=O)NCc2ccc3c(c2)OCO3)c1. The highest BCUT2D eigenvalue weighted by atomic mass is 16.7. The highest BCUT2D eigenvalue weighted by Crippen LogP contribution is 2.32. The summed E-state index contributed by atoms with van der Waals surface area (Å²) in [6.07, 6.45) is 1.64. The minimum absolute atomic E-state index is 0.226. The molecule has 0 unspecified atom stereocenters. The van der Waals surface area contributed by atoms with Gasteiger partial charge in [-0.1, -0.05) is 24.3 Å². The second kappa shape index (κ2) is 7.37. The smallest absolute Gasteiger partial charge is 0.270 e. The van der Waals surface area contributed by atoms with Gasteiger partial charge in [0.1, 0.15) is 5.69 Å². The third-order valence-corrected chi connectivity index (χ3v) is 4.40. The molecule has 1 aliphatic heterocycles. The molecule has 0 bridgehead atoms. The Bertz CT molecular complexity index is 960. The molecule has 1 N–H and O–H groups in total. The summed E-state index contributed by atoms with van der Waals surface area (Å²) in [7, 11) is 1.96. The summed E-state index contributed by atoms with van der Waals surface area (Å²) >= 11 is 0. The van der Waals surface area contributed by atoms with Crippen molar-refractivity contribution in [2.24, 2.45) is 0 Å². The standard InChI is InChI=1S/C21H19N3O3/c1-24(16-5-3-2-4-6-16)17-9-10-22-18(12-17)21(25)23-13-15-7-8-19-20(11-15)27-14-26-19/h2-12H,13-14H2,1H3,(H,23,25). The molecule has 0 saturated carbocycles. The zero-order chi connectivity index (χ0) is 18.6. The Morgan fingerprint density at radius 3 is 2.70 bits per heavy atom. The summed E-state index contributed by atoms with van der Waals surface area (Å²) in [5.74, 6) is 1.20. The van der Waals surface area contributed by atoms with Gasteiger partial charge < -0.3 is 19.7 Å². The maximum atomic E-state index is 12.5. The van der Waals surface area contributed by atoms with Crippen LogP contribution in [-0.4, -0.2) is 24.7 Å². The number of rotatable bonds is 5. The van der Waals surface area contributed by atoms with E-state index in [1.54, 1.807) is 12.3 Å². The van der Waals surface area contributed by atoms with Crippen molar-refractivity contribution in [1.29, 1.82) is 0 Å². The van der Waals surface area contributed by atoms with Crippen molar-refractivity contribution in [2.75, 3.05) is 18.7 Å². The van der Waals surface area contributed by atoms with E-state index in [0.29, 0.717) is 18.0 Å². The minimum Gasteiger partial charge on any atom is -0.454 e. The summed E-state index contributed by atoms with van der Waals surface area (Å²) in [6, 6.07) is 19.2. The first kappa shape index (κ1) is 16.9. The molecule has 136 valence electrons. The topological polar surface area (TPSA) is 63.7 Å². The molecule has 0 spiro atoms. The van der Waals surface area contributed by atoms with Crippen LogP contribution < -0.4 is 19.7 Å². The normalized spacial score (nSPS) is 11.9. The molecule has 6 heteroatoms. The van der Waals surface area contributed by atoms with Gasteiger partial charge >= 0.3 is 0 Å². The van der Waals surface area contributed by atoms with E-state index in [1.807, 2.05) is 66.5 Å². The molecule has 1 amide bonds. The fourth-order valence-electron chi connectivity index (χ4n) is 2.88. The Labute approximate surface area is 157 Å². The van der Waals surface area contributed by atoms with Crippen LogP contribution in [0.3, 0.4) is 0 Å². The van der Waals surface area contributed by atoms with Crippen LogP contribution in [0.25, 0.3) is 0 Å². The van der Waals surface area contributed by atoms with E-state index in [0.717, 1.165) is 22.7 Å². The molecule has 3 aromatic rings. The van der Waals surface area contributed by atoms with Gasteiger partial charge in [0.05, 0.1) is 0 Å². The van der Waals surface area contributed by atoms with Crippen molar-refractivity contribution in [1.82, 2.24) is 10.3 Å². The fraction of sp³-hybridized carbons (Fsp3) is 0.143. The molecule has 0 radical (unpaired) electrons. The highest BCUT2D eigenvalue weighted by molar-refractivity contribution is 5.93. The lowest BCUT2D eigenvalue weighted by molar-refractivity contribution is 0.0946. The van der Waals surface area contributed by atoms with E-state index in [9.17, 15) is 4.79 Å². The minimum atomic E-state index is -0.226. The number of nitrogens with zero attached hydrogens (tertiary/aromatic N) is 2. The van der Waals surface area contributed by atoms with E-state index >= 15 is 0 Å². The quantitative estimate of drug-likeness (QED) is 0.753. The lowest BCUT2D eigenvalue weighted by Crippen LogP contribution is -2.24. The Balaban J connectivity index is 1.44. The Hall–Kier alpha value is -3.54. The number of para-hydroxylation sites is 1. The van der Waals surface area contributed by atoms with Crippen LogP contribution in [0.15, 0.2) is 66.9 Å². The van der Waals surface area contributed by atoms with Gasteiger partial charge in [0, 0.05) is 31.2 Å². The highest BCUT2D eigenvalue weighted by Gasteiger charge is 2.14. The number of aromatic nitrogens is 1. The zero-order valence-corrected chi connectivity index (χ0v) is 14.9. The van der Waals surface area contributed by atoms with Gasteiger partial charge in [0.15, 0.2) is 11.5 Å². The maximum Gasteiger partial charge on any atom is 0.270 e. The summed E-state index contributed by atoms with van der Waals surface area (Å²) < 4.78 is 10.7. The summed E-state index contributed by atoms with van der Waals surface area (Å²) in [5.41, 5.74) is 3.24. The molecular weight excluding hydrogens is 342 g/mol. The predicted octanol–water partition coefficient (Wildman–Crippen LogP) is 3.51. The van der Waals surface area contributed by atoms with Crippen LogP contribution in [0, 0.1) is 0 Å². The number of amides is 1. The van der Waals surface area contributed by atoms with E-state index < -0.39 is 0 Å². The average molecular weight is 361 g/mol. The number of carbonyl (C=O) groups is 1. The second-order valence-electron chi connectivity index (χ2n) is 6.16. The molecule has 4 rings (SSSR count). The molecule has 0 atom stereocenters. The monoisotopic (exact) mass is 361 g/mol. The van der Waals surface area contributed by atoms with Crippen molar-refractivity contribution >= 4 is 17.3 Å². The zero-order valence-electron chi connectivity index (χ0n) is 14.9. The predicted molar refractivity (Wildman–Crippen MR) is 102 cm³/mol. The van der Waals surface area contributed by atoms with E-state index in [1.165, 1.54) is 0 Å². The molecule has 1 aromatic heterocycles. The number of anilines is 2. The average Bonchev–Trinajstić information content (AvgIpc) is 3.20. The molecule has 6 nitrogen and oxygen atoms in total. The van der Waals surface area contributed by atoms with Crippen LogP contribution in [-0.2, 0) is 6.54 Å². The van der Waals surface area contributed by atoms with Crippen LogP contribution in [0.1, 0.15) is 16.1 Å². The number of nitrogens with one attached hydrogen (secondary N) is 1. The first-order valence-corrected chi connectivity index (χ1v) is 8.62. The molecule has 2 aromatic carbocycles. The third-order valence-electron chi connectivity index (χ3n) is 4.40.